The van der Waals surface area contributed by atoms with Crippen LogP contribution in [0.15, 0.2) is 36.5 Å². The van der Waals surface area contributed by atoms with Gasteiger partial charge in [-0.3, -0.25) is 9.36 Å². The van der Waals surface area contributed by atoms with Crippen molar-refractivity contribution >= 4 is 13.7 Å². The molecule has 0 aromatic rings. The lowest BCUT2D eigenvalue weighted by molar-refractivity contribution is -0.870. The second kappa shape index (κ2) is 37.3. The monoisotopic (exact) mass is 783 g/mol. The minimum atomic E-state index is -4.55. The van der Waals surface area contributed by atoms with Gasteiger partial charge in [0.05, 0.1) is 39.9 Å². The minimum Gasteiger partial charge on any atom is -0.756 e. The van der Waals surface area contributed by atoms with E-state index in [-0.39, 0.29) is 19.1 Å². The number of rotatable bonds is 40. The van der Waals surface area contributed by atoms with Crippen LogP contribution in [0.4, 0.5) is 0 Å². The molecule has 0 aliphatic heterocycles. The van der Waals surface area contributed by atoms with Crippen molar-refractivity contribution in [1.82, 2.24) is 5.32 Å². The van der Waals surface area contributed by atoms with E-state index in [4.69, 9.17) is 9.05 Å². The maximum atomic E-state index is 12.8. The molecule has 0 aliphatic carbocycles. The highest BCUT2D eigenvalue weighted by molar-refractivity contribution is 7.45. The normalized spacial score (nSPS) is 14.7. The largest absolute Gasteiger partial charge is 0.756 e. The highest BCUT2D eigenvalue weighted by Crippen LogP contribution is 2.38. The van der Waals surface area contributed by atoms with Gasteiger partial charge in [0.1, 0.15) is 13.2 Å². The number of phosphoric acid groups is 1. The number of quaternary nitrogens is 1. The lowest BCUT2D eigenvalue weighted by Gasteiger charge is -2.30. The first-order valence-corrected chi connectivity index (χ1v) is 23.8. The van der Waals surface area contributed by atoms with Gasteiger partial charge < -0.3 is 28.8 Å². The number of carbonyl (C=O) groups is 1. The summed E-state index contributed by atoms with van der Waals surface area (Å²) in [5, 5.41) is 13.7. The van der Waals surface area contributed by atoms with Crippen molar-refractivity contribution in [3.05, 3.63) is 36.5 Å². The molecule has 1 amide bonds. The number of aliphatic hydroxyl groups is 1. The first-order valence-electron chi connectivity index (χ1n) is 22.3. The highest BCUT2D eigenvalue weighted by Gasteiger charge is 2.24. The van der Waals surface area contributed by atoms with Crippen molar-refractivity contribution in [2.45, 2.75) is 206 Å². The second-order valence-corrected chi connectivity index (χ2v) is 17.8. The number of allylic oxidation sites excluding steroid dienone is 6. The molecule has 2 N–H and O–H groups in total. The third-order valence-corrected chi connectivity index (χ3v) is 10.8. The molecular formula is C45H87N2O6P. The number of nitrogens with one attached hydrogen (secondary N) is 1. The first-order chi connectivity index (χ1) is 26.0. The van der Waals surface area contributed by atoms with Gasteiger partial charge in [-0.25, -0.2) is 0 Å². The lowest BCUT2D eigenvalue weighted by Crippen LogP contribution is -2.46. The second-order valence-electron chi connectivity index (χ2n) is 16.4. The number of hydrogen-bond acceptors (Lipinski definition) is 6. The van der Waals surface area contributed by atoms with Crippen molar-refractivity contribution in [1.29, 1.82) is 0 Å². The van der Waals surface area contributed by atoms with Crippen molar-refractivity contribution in [2.75, 3.05) is 40.9 Å². The molecule has 8 nitrogen and oxygen atoms in total. The summed E-state index contributed by atoms with van der Waals surface area (Å²) in [7, 11) is 1.30. The van der Waals surface area contributed by atoms with Gasteiger partial charge in [-0.2, -0.15) is 0 Å². The number of amides is 1. The quantitative estimate of drug-likeness (QED) is 0.0277. The Kier molecular flexibility index (Phi) is 36.4. The van der Waals surface area contributed by atoms with E-state index in [1.165, 1.54) is 103 Å². The SMILES string of the molecule is CCCCCCC/C=C\C/C=C\C/C=C\CCCCCCCCCCCCCCC(=O)NC(COP(=O)([O-])OCC[N+](C)(C)C)C(O)CCCCCCC. The molecule has 3 unspecified atom stereocenters. The number of carbonyl (C=O) groups excluding carboxylic acids is 1. The number of phosphoric ester groups is 1. The van der Waals surface area contributed by atoms with Gasteiger partial charge in [-0.1, -0.05) is 172 Å². The summed E-state index contributed by atoms with van der Waals surface area (Å²) in [6.45, 7) is 4.60. The van der Waals surface area contributed by atoms with Crippen LogP contribution in [0.5, 0.6) is 0 Å². The van der Waals surface area contributed by atoms with Crippen molar-refractivity contribution in [3.63, 3.8) is 0 Å². The molecule has 0 rings (SSSR count). The van der Waals surface area contributed by atoms with Crippen LogP contribution in [-0.2, 0) is 18.4 Å². The summed E-state index contributed by atoms with van der Waals surface area (Å²) < 4.78 is 23.0. The zero-order chi connectivity index (χ0) is 40.0. The molecule has 0 saturated carbocycles. The standard InChI is InChI=1S/C45H87N2O6P/c1-6-8-10-12-13-14-15-16-17-18-19-20-21-22-23-24-25-26-27-28-29-30-31-32-33-35-37-39-45(49)46-43(44(48)38-36-34-11-9-7-2)42-53-54(50,51)52-41-40-47(3,4)5/h15-16,18-19,21-22,43-44,48H,6-14,17,20,23-42H2,1-5H3,(H-,46,49,50,51)/b16-15-,19-18-,22-21-. The fraction of sp³-hybridized carbons (Fsp3) is 0.844. The van der Waals surface area contributed by atoms with Crippen LogP contribution >= 0.6 is 7.82 Å². The maximum absolute atomic E-state index is 12.8. The average Bonchev–Trinajstić information content (AvgIpc) is 3.12. The molecule has 0 bridgehead atoms. The molecule has 3 atom stereocenters. The molecular weight excluding hydrogens is 695 g/mol. The molecule has 0 spiro atoms. The Bertz CT molecular complexity index is 980. The van der Waals surface area contributed by atoms with Gasteiger partial charge in [0, 0.05) is 6.42 Å². The highest BCUT2D eigenvalue weighted by atomic mass is 31.2. The number of hydrogen-bond donors (Lipinski definition) is 2. The van der Waals surface area contributed by atoms with E-state index in [2.05, 4.69) is 55.6 Å². The zero-order valence-corrected chi connectivity index (χ0v) is 36.8. The molecule has 54 heavy (non-hydrogen) atoms. The van der Waals surface area contributed by atoms with Crippen LogP contribution in [0, 0.1) is 0 Å². The zero-order valence-electron chi connectivity index (χ0n) is 35.9. The van der Waals surface area contributed by atoms with E-state index in [0.717, 1.165) is 64.2 Å². The fourth-order valence-corrected chi connectivity index (χ4v) is 7.00. The van der Waals surface area contributed by atoms with Crippen LogP contribution in [0.1, 0.15) is 194 Å². The van der Waals surface area contributed by atoms with Gasteiger partial charge in [-0.15, -0.1) is 0 Å². The Balaban J connectivity index is 3.97. The minimum absolute atomic E-state index is 0.0104. The summed E-state index contributed by atoms with van der Waals surface area (Å²) in [5.74, 6) is -0.175. The number of likely N-dealkylation sites (N-methyl/N-ethyl adjacent to an activating group) is 1. The molecule has 0 aromatic heterocycles. The third kappa shape index (κ3) is 39.0. The van der Waals surface area contributed by atoms with Crippen molar-refractivity contribution < 1.29 is 32.9 Å². The van der Waals surface area contributed by atoms with Crippen LogP contribution < -0.4 is 10.2 Å². The van der Waals surface area contributed by atoms with Crippen LogP contribution in [0.3, 0.4) is 0 Å². The summed E-state index contributed by atoms with van der Waals surface area (Å²) in [4.78, 5) is 25.1. The number of aliphatic hydroxyl groups excluding tert-OH is 1. The van der Waals surface area contributed by atoms with Crippen molar-refractivity contribution in [2.24, 2.45) is 0 Å². The first kappa shape index (κ1) is 52.7. The molecule has 0 aromatic carbocycles. The molecule has 318 valence electrons. The van der Waals surface area contributed by atoms with Gasteiger partial charge in [-0.05, 0) is 51.4 Å². The summed E-state index contributed by atoms with van der Waals surface area (Å²) in [6.07, 6.45) is 44.9. The van der Waals surface area contributed by atoms with Gasteiger partial charge >= 0.3 is 0 Å². The van der Waals surface area contributed by atoms with Crippen molar-refractivity contribution in [3.8, 4) is 0 Å². The average molecular weight is 783 g/mol. The molecule has 0 saturated heterocycles. The molecule has 0 heterocycles. The number of nitrogens with zero attached hydrogens (tertiary/aromatic N) is 1. The predicted octanol–water partition coefficient (Wildman–Crippen LogP) is 11.7. The lowest BCUT2D eigenvalue weighted by atomic mass is 10.0. The predicted molar refractivity (Wildman–Crippen MR) is 228 cm³/mol. The van der Waals surface area contributed by atoms with Crippen LogP contribution in [0.2, 0.25) is 0 Å². The van der Waals surface area contributed by atoms with Gasteiger partial charge in [0.2, 0.25) is 5.91 Å². The fourth-order valence-electron chi connectivity index (χ4n) is 6.28. The van der Waals surface area contributed by atoms with E-state index >= 15 is 0 Å². The Morgan fingerprint density at radius 1 is 0.648 bits per heavy atom. The van der Waals surface area contributed by atoms with Crippen LogP contribution in [0.25, 0.3) is 0 Å². The maximum Gasteiger partial charge on any atom is 0.268 e. The summed E-state index contributed by atoms with van der Waals surface area (Å²) in [6, 6.07) is -0.797. The summed E-state index contributed by atoms with van der Waals surface area (Å²) in [5.41, 5.74) is 0. The Morgan fingerprint density at radius 2 is 1.07 bits per heavy atom. The Morgan fingerprint density at radius 3 is 1.56 bits per heavy atom. The number of unbranched alkanes of at least 4 members (excludes halogenated alkanes) is 21. The van der Waals surface area contributed by atoms with Crippen LogP contribution in [-0.4, -0.2) is 68.5 Å². The smallest absolute Gasteiger partial charge is 0.268 e. The van der Waals surface area contributed by atoms with E-state index in [1.807, 2.05) is 21.1 Å². The van der Waals surface area contributed by atoms with E-state index in [9.17, 15) is 19.4 Å². The Hall–Kier alpha value is -1.28. The van der Waals surface area contributed by atoms with E-state index < -0.39 is 20.0 Å². The molecule has 0 radical (unpaired) electrons. The van der Waals surface area contributed by atoms with E-state index in [0.29, 0.717) is 23.9 Å². The molecule has 9 heteroatoms. The third-order valence-electron chi connectivity index (χ3n) is 9.88. The van der Waals surface area contributed by atoms with Gasteiger partial charge in [0.25, 0.3) is 7.82 Å². The molecule has 0 fully saturated rings. The van der Waals surface area contributed by atoms with Gasteiger partial charge in [0.15, 0.2) is 0 Å². The summed E-state index contributed by atoms with van der Waals surface area (Å²) >= 11 is 0. The van der Waals surface area contributed by atoms with E-state index in [1.54, 1.807) is 0 Å². The topological polar surface area (TPSA) is 108 Å². The molecule has 0 aliphatic rings. The Labute approximate surface area is 334 Å².